The van der Waals surface area contributed by atoms with Gasteiger partial charge in [-0.15, -0.1) is 4.91 Å². The molecule has 0 radical (unpaired) electrons. The summed E-state index contributed by atoms with van der Waals surface area (Å²) in [4.78, 5) is 10.1. The number of benzene rings is 1. The molecule has 0 unspecified atom stereocenters. The van der Waals surface area contributed by atoms with Gasteiger partial charge < -0.3 is 5.11 Å². The maximum absolute atomic E-state index is 10.1. The Bertz CT molecular complexity index is 301. The maximum atomic E-state index is 10.1. The molecule has 0 amide bonds. The highest BCUT2D eigenvalue weighted by atomic mass is 79.9. The van der Waals surface area contributed by atoms with E-state index in [1.54, 1.807) is 0 Å². The molecule has 1 aromatic carbocycles. The number of phenols is 1. The van der Waals surface area contributed by atoms with E-state index in [2.05, 4.69) is 37.0 Å². The van der Waals surface area contributed by atoms with E-state index in [1.165, 1.54) is 12.1 Å². The molecule has 1 aromatic rings. The van der Waals surface area contributed by atoms with Crippen LogP contribution in [0.1, 0.15) is 0 Å². The molecule has 0 bridgehead atoms. The average Bonchev–Trinajstić information content (AvgIpc) is 1.96. The quantitative estimate of drug-likeness (QED) is 0.803. The molecule has 0 fully saturated rings. The lowest BCUT2D eigenvalue weighted by molar-refractivity contribution is 0.475. The molecule has 1 rings (SSSR count). The molecular formula is C6H3Br2NO2. The molecular weight excluding hydrogens is 278 g/mol. The van der Waals surface area contributed by atoms with Crippen LogP contribution in [-0.4, -0.2) is 5.11 Å². The van der Waals surface area contributed by atoms with E-state index in [9.17, 15) is 4.91 Å². The van der Waals surface area contributed by atoms with Crippen molar-refractivity contribution in [1.82, 2.24) is 0 Å². The van der Waals surface area contributed by atoms with Gasteiger partial charge in [-0.2, -0.15) is 0 Å². The number of phenolic OH excluding ortho intramolecular Hbond substituents is 1. The van der Waals surface area contributed by atoms with Crippen molar-refractivity contribution >= 4 is 37.5 Å². The minimum Gasteiger partial charge on any atom is -0.508 e. The minimum atomic E-state index is 0.00896. The van der Waals surface area contributed by atoms with Gasteiger partial charge in [0.25, 0.3) is 0 Å². The topological polar surface area (TPSA) is 49.7 Å². The highest BCUT2D eigenvalue weighted by Crippen LogP contribution is 2.36. The van der Waals surface area contributed by atoms with Crippen molar-refractivity contribution in [3.8, 4) is 5.75 Å². The Labute approximate surface area is 79.7 Å². The lowest BCUT2D eigenvalue weighted by Crippen LogP contribution is -1.71. The predicted molar refractivity (Wildman–Crippen MR) is 49.0 cm³/mol. The number of nitrogens with zero attached hydrogens (tertiary/aromatic N) is 1. The van der Waals surface area contributed by atoms with Gasteiger partial charge in [-0.1, -0.05) is 0 Å². The Morgan fingerprint density at radius 3 is 2.55 bits per heavy atom. The van der Waals surface area contributed by atoms with Crippen molar-refractivity contribution in [2.24, 2.45) is 5.18 Å². The van der Waals surface area contributed by atoms with Crippen LogP contribution in [0.3, 0.4) is 0 Å². The van der Waals surface area contributed by atoms with Crippen LogP contribution in [0, 0.1) is 4.91 Å². The molecule has 5 heteroatoms. The summed E-state index contributed by atoms with van der Waals surface area (Å²) in [6.07, 6.45) is 0. The van der Waals surface area contributed by atoms with E-state index >= 15 is 0 Å². The van der Waals surface area contributed by atoms with Crippen LogP contribution < -0.4 is 0 Å². The average molecular weight is 281 g/mol. The fraction of sp³-hybridized carbons (Fsp3) is 0. The van der Waals surface area contributed by atoms with Crippen LogP contribution in [0.5, 0.6) is 5.75 Å². The number of rotatable bonds is 1. The van der Waals surface area contributed by atoms with Gasteiger partial charge in [0.15, 0.2) is 0 Å². The largest absolute Gasteiger partial charge is 0.508 e. The van der Waals surface area contributed by atoms with Crippen molar-refractivity contribution in [3.63, 3.8) is 0 Å². The Hall–Kier alpha value is -0.420. The first-order valence-electron chi connectivity index (χ1n) is 2.66. The fourth-order valence-electron chi connectivity index (χ4n) is 0.627. The Balaban J connectivity index is 3.35. The van der Waals surface area contributed by atoms with Crippen LogP contribution >= 0.6 is 31.9 Å². The molecule has 0 aliphatic carbocycles. The second-order valence-electron chi connectivity index (χ2n) is 1.85. The van der Waals surface area contributed by atoms with Crippen molar-refractivity contribution in [3.05, 3.63) is 26.0 Å². The molecule has 0 aliphatic rings. The molecule has 11 heavy (non-hydrogen) atoms. The highest BCUT2D eigenvalue weighted by Gasteiger charge is 2.05. The monoisotopic (exact) mass is 279 g/mol. The van der Waals surface area contributed by atoms with Gasteiger partial charge >= 0.3 is 0 Å². The predicted octanol–water partition coefficient (Wildman–Crippen LogP) is 3.32. The molecule has 1 N–H and O–H groups in total. The number of hydrogen-bond donors (Lipinski definition) is 1. The third kappa shape index (κ3) is 1.78. The minimum absolute atomic E-state index is 0.00896. The third-order valence-corrected chi connectivity index (χ3v) is 3.08. The van der Waals surface area contributed by atoms with Crippen LogP contribution in [-0.2, 0) is 0 Å². The van der Waals surface area contributed by atoms with Crippen LogP contribution in [0.15, 0.2) is 26.3 Å². The molecule has 0 saturated heterocycles. The first kappa shape index (κ1) is 8.67. The first-order valence-corrected chi connectivity index (χ1v) is 4.25. The molecule has 0 saturated carbocycles. The standard InChI is InChI=1S/C6H3Br2NO2/c7-4-1-3(10)2-5(9-11)6(4)8/h1-2,10H. The number of hydrogen-bond acceptors (Lipinski definition) is 3. The molecule has 58 valence electrons. The summed E-state index contributed by atoms with van der Waals surface area (Å²) < 4.78 is 1.15. The van der Waals surface area contributed by atoms with Gasteiger partial charge in [0, 0.05) is 10.5 Å². The lowest BCUT2D eigenvalue weighted by Gasteiger charge is -1.98. The van der Waals surface area contributed by atoms with Crippen LogP contribution in [0.25, 0.3) is 0 Å². The molecule has 0 aliphatic heterocycles. The van der Waals surface area contributed by atoms with Crippen LogP contribution in [0.4, 0.5) is 5.69 Å². The van der Waals surface area contributed by atoms with E-state index in [4.69, 9.17) is 5.11 Å². The SMILES string of the molecule is O=Nc1cc(O)cc(Br)c1Br. The molecule has 0 heterocycles. The Morgan fingerprint density at radius 1 is 1.36 bits per heavy atom. The van der Waals surface area contributed by atoms with Gasteiger partial charge in [-0.25, -0.2) is 0 Å². The maximum Gasteiger partial charge on any atom is 0.126 e. The first-order chi connectivity index (χ1) is 5.15. The van der Waals surface area contributed by atoms with Gasteiger partial charge in [0.1, 0.15) is 11.4 Å². The zero-order valence-corrected chi connectivity index (χ0v) is 8.39. The molecule has 0 aromatic heterocycles. The third-order valence-electron chi connectivity index (χ3n) is 1.09. The zero-order chi connectivity index (χ0) is 8.43. The molecule has 0 atom stereocenters. The summed E-state index contributed by atoms with van der Waals surface area (Å²) in [6.45, 7) is 0. The summed E-state index contributed by atoms with van der Waals surface area (Å²) in [5, 5.41) is 11.7. The Kier molecular flexibility index (Phi) is 2.62. The van der Waals surface area contributed by atoms with Gasteiger partial charge in [-0.05, 0) is 43.1 Å². The van der Waals surface area contributed by atoms with Gasteiger partial charge in [0.2, 0.25) is 0 Å². The van der Waals surface area contributed by atoms with Crippen molar-refractivity contribution < 1.29 is 5.11 Å². The van der Waals surface area contributed by atoms with E-state index < -0.39 is 0 Å². The van der Waals surface area contributed by atoms with E-state index in [-0.39, 0.29) is 11.4 Å². The molecule has 3 nitrogen and oxygen atoms in total. The van der Waals surface area contributed by atoms with Gasteiger partial charge in [-0.3, -0.25) is 0 Å². The number of nitroso groups, excluding NO2 is 1. The summed E-state index contributed by atoms with van der Waals surface area (Å²) in [6, 6.07) is 2.75. The van der Waals surface area contributed by atoms with Crippen molar-refractivity contribution in [2.45, 2.75) is 0 Å². The van der Waals surface area contributed by atoms with Gasteiger partial charge in [0.05, 0.1) is 4.47 Å². The fourth-order valence-corrected chi connectivity index (χ4v) is 1.37. The van der Waals surface area contributed by atoms with Crippen LogP contribution in [0.2, 0.25) is 0 Å². The smallest absolute Gasteiger partial charge is 0.126 e. The zero-order valence-electron chi connectivity index (χ0n) is 5.21. The second-order valence-corrected chi connectivity index (χ2v) is 3.50. The van der Waals surface area contributed by atoms with Crippen molar-refractivity contribution in [1.29, 1.82) is 0 Å². The Morgan fingerprint density at radius 2 is 2.00 bits per heavy atom. The van der Waals surface area contributed by atoms with E-state index in [0.29, 0.717) is 8.95 Å². The van der Waals surface area contributed by atoms with E-state index in [0.717, 1.165) is 0 Å². The summed E-state index contributed by atoms with van der Waals surface area (Å²) in [5.41, 5.74) is 0.178. The number of aromatic hydroxyl groups is 1. The normalized spacial score (nSPS) is 9.64. The van der Waals surface area contributed by atoms with Crippen molar-refractivity contribution in [2.75, 3.05) is 0 Å². The molecule has 0 spiro atoms. The second kappa shape index (κ2) is 3.32. The highest BCUT2D eigenvalue weighted by molar-refractivity contribution is 9.13. The summed E-state index contributed by atoms with van der Waals surface area (Å²) >= 11 is 6.25. The summed E-state index contributed by atoms with van der Waals surface area (Å²) in [7, 11) is 0. The summed E-state index contributed by atoms with van der Waals surface area (Å²) in [5.74, 6) is 0.00896. The lowest BCUT2D eigenvalue weighted by atomic mass is 10.3. The van der Waals surface area contributed by atoms with E-state index in [1.807, 2.05) is 0 Å². The number of halogens is 2.